The maximum atomic E-state index is 12.0. The van der Waals surface area contributed by atoms with Gasteiger partial charge < -0.3 is 4.74 Å². The summed E-state index contributed by atoms with van der Waals surface area (Å²) >= 11 is 0. The van der Waals surface area contributed by atoms with Crippen molar-refractivity contribution in [3.63, 3.8) is 0 Å². The van der Waals surface area contributed by atoms with Gasteiger partial charge in [-0.05, 0) is 67.6 Å². The first-order valence-electron chi connectivity index (χ1n) is 15.8. The number of aromatic nitrogens is 2. The molecule has 0 amide bonds. The molecule has 0 aromatic carbocycles. The van der Waals surface area contributed by atoms with Crippen molar-refractivity contribution in [3.05, 3.63) is 42.9 Å². The first kappa shape index (κ1) is 27.9. The minimum Gasteiger partial charge on any atom is -0.462 e. The molecule has 2 bridgehead atoms. The van der Waals surface area contributed by atoms with Gasteiger partial charge in [-0.25, -0.2) is 10.0 Å². The van der Waals surface area contributed by atoms with Crippen LogP contribution in [0.1, 0.15) is 93.4 Å². The van der Waals surface area contributed by atoms with Crippen molar-refractivity contribution in [3.8, 4) is 0 Å². The zero-order valence-electron chi connectivity index (χ0n) is 25.6. The minimum atomic E-state index is -0.428. The first-order chi connectivity index (χ1) is 19.0. The number of hydrogen-bond acceptors (Lipinski definition) is 6. The molecule has 6 heteroatoms. The molecule has 3 saturated carbocycles. The maximum absolute atomic E-state index is 12.0. The van der Waals surface area contributed by atoms with Gasteiger partial charge >= 0.3 is 5.97 Å². The van der Waals surface area contributed by atoms with E-state index in [4.69, 9.17) is 14.6 Å². The van der Waals surface area contributed by atoms with Gasteiger partial charge in [0.2, 0.25) is 0 Å². The molecule has 10 atom stereocenters. The molecular weight excluding hydrogens is 498 g/mol. The molecule has 4 aliphatic carbocycles. The smallest absolute Gasteiger partial charge is 0.302 e. The lowest BCUT2D eigenvalue weighted by Crippen LogP contribution is -2.79. The highest BCUT2D eigenvalue weighted by Gasteiger charge is 2.75. The van der Waals surface area contributed by atoms with E-state index in [1.807, 2.05) is 6.20 Å². The molecule has 1 unspecified atom stereocenters. The Kier molecular flexibility index (Phi) is 6.76. The fourth-order valence-electron chi connectivity index (χ4n) is 10.0. The van der Waals surface area contributed by atoms with Gasteiger partial charge in [0.25, 0.3) is 0 Å². The lowest BCUT2D eigenvalue weighted by molar-refractivity contribution is -0.274. The lowest BCUT2D eigenvalue weighted by Gasteiger charge is -2.73. The van der Waals surface area contributed by atoms with Gasteiger partial charge in [0, 0.05) is 43.0 Å². The van der Waals surface area contributed by atoms with Gasteiger partial charge in [-0.3, -0.25) is 14.6 Å². The summed E-state index contributed by atoms with van der Waals surface area (Å²) in [6.07, 6.45) is 22.5. The summed E-state index contributed by atoms with van der Waals surface area (Å²) in [6.45, 7) is 16.0. The highest BCUT2D eigenvalue weighted by molar-refractivity contribution is 5.66. The second kappa shape index (κ2) is 9.68. The summed E-state index contributed by atoms with van der Waals surface area (Å²) in [6, 6.07) is 0. The van der Waals surface area contributed by atoms with E-state index in [2.05, 4.69) is 75.9 Å². The van der Waals surface area contributed by atoms with Crippen LogP contribution in [0.2, 0.25) is 0 Å². The highest BCUT2D eigenvalue weighted by Crippen LogP contribution is 2.73. The second-order valence-electron chi connectivity index (χ2n) is 14.6. The highest BCUT2D eigenvalue weighted by atomic mass is 16.7. The van der Waals surface area contributed by atoms with Crippen molar-refractivity contribution in [2.45, 2.75) is 111 Å². The standard InChI is InChI=1S/C34H49N3O3/c1-22(2)23(3)8-9-24(4)27-10-11-28-31(27,6)14-13-29-32(7)15-12-26(39-25(5)38)20-33(32)16-17-34(28,29)40-37(33)30-21-35-18-19-36-30/h8-9,16-19,21-24,26-29H,10-15,20H2,1-7H3/b9-8+/t23-,24+,26-,27+,28+,29?,31+,32+,33+,34-/m0/s1. The number of ether oxygens (including phenoxy) is 1. The van der Waals surface area contributed by atoms with Crippen LogP contribution >= 0.6 is 0 Å². The van der Waals surface area contributed by atoms with E-state index in [0.717, 1.165) is 25.1 Å². The average Bonchev–Trinajstić information content (AvgIpc) is 3.29. The van der Waals surface area contributed by atoms with Crippen LogP contribution in [0.4, 0.5) is 5.82 Å². The predicted molar refractivity (Wildman–Crippen MR) is 157 cm³/mol. The predicted octanol–water partition coefficient (Wildman–Crippen LogP) is 7.32. The lowest BCUT2D eigenvalue weighted by atomic mass is 9.41. The molecule has 0 N–H and O–H groups in total. The van der Waals surface area contributed by atoms with Crippen molar-refractivity contribution >= 4 is 11.8 Å². The summed E-state index contributed by atoms with van der Waals surface area (Å²) in [5.41, 5.74) is -0.602. The largest absolute Gasteiger partial charge is 0.462 e. The number of carbonyl (C=O) groups excluding carboxylic acids is 1. The molecule has 4 fully saturated rings. The number of anilines is 1. The summed E-state index contributed by atoms with van der Waals surface area (Å²) in [5, 5.41) is 2.11. The van der Waals surface area contributed by atoms with E-state index in [9.17, 15) is 4.79 Å². The van der Waals surface area contributed by atoms with Crippen LogP contribution < -0.4 is 5.06 Å². The average molecular weight is 548 g/mol. The van der Waals surface area contributed by atoms with E-state index < -0.39 is 5.54 Å². The second-order valence-corrected chi connectivity index (χ2v) is 14.6. The molecule has 3 heterocycles. The topological polar surface area (TPSA) is 64.5 Å². The van der Waals surface area contributed by atoms with E-state index in [1.165, 1.54) is 26.2 Å². The van der Waals surface area contributed by atoms with Crippen molar-refractivity contribution in [1.29, 1.82) is 0 Å². The van der Waals surface area contributed by atoms with Crippen LogP contribution in [-0.4, -0.2) is 33.2 Å². The van der Waals surface area contributed by atoms with E-state index in [1.54, 1.807) is 12.4 Å². The van der Waals surface area contributed by atoms with Crippen molar-refractivity contribution in [2.24, 2.45) is 46.3 Å². The van der Waals surface area contributed by atoms with Gasteiger partial charge in [-0.1, -0.05) is 65.8 Å². The molecule has 0 radical (unpaired) electrons. The fourth-order valence-corrected chi connectivity index (χ4v) is 10.0. The van der Waals surface area contributed by atoms with Gasteiger partial charge in [0.1, 0.15) is 11.7 Å². The Morgan fingerprint density at radius 3 is 2.55 bits per heavy atom. The van der Waals surface area contributed by atoms with Crippen LogP contribution in [0, 0.1) is 46.3 Å². The summed E-state index contributed by atoms with van der Waals surface area (Å²) in [5.74, 6) is 3.85. The van der Waals surface area contributed by atoms with E-state index in [-0.39, 0.29) is 28.5 Å². The van der Waals surface area contributed by atoms with Crippen LogP contribution in [0.3, 0.4) is 0 Å². The van der Waals surface area contributed by atoms with Crippen molar-refractivity contribution in [2.75, 3.05) is 5.06 Å². The Morgan fingerprint density at radius 2 is 1.85 bits per heavy atom. The van der Waals surface area contributed by atoms with E-state index >= 15 is 0 Å². The van der Waals surface area contributed by atoms with Crippen molar-refractivity contribution in [1.82, 2.24) is 9.97 Å². The Bertz CT molecular complexity index is 1180. The maximum Gasteiger partial charge on any atom is 0.302 e. The SMILES string of the molecule is CC(=O)O[C@H]1CC[C@]2(C)C3CC[C@]4(C)[C@@H]([C@H](C)/C=C/[C@H](C)C(C)C)CC[C@H]4[C@@]34C=C[C@]2(C1)N(c1cnccn1)O4. The van der Waals surface area contributed by atoms with Gasteiger partial charge in [0.05, 0.1) is 11.7 Å². The number of hydroxylamine groups is 1. The zero-order valence-corrected chi connectivity index (χ0v) is 25.6. The Balaban J connectivity index is 1.40. The molecule has 7 rings (SSSR count). The number of rotatable bonds is 6. The molecule has 218 valence electrons. The third kappa shape index (κ3) is 3.87. The molecule has 2 spiro atoms. The summed E-state index contributed by atoms with van der Waals surface area (Å²) in [4.78, 5) is 28.5. The number of allylic oxidation sites excluding steroid dienone is 2. The van der Waals surface area contributed by atoms with Gasteiger partial charge in [0.15, 0.2) is 5.82 Å². The normalized spacial score (nSPS) is 43.4. The third-order valence-electron chi connectivity index (χ3n) is 12.5. The molecule has 1 aromatic heterocycles. The van der Waals surface area contributed by atoms with Crippen LogP contribution in [0.25, 0.3) is 0 Å². The number of carbonyl (C=O) groups is 1. The Hall–Kier alpha value is -2.21. The van der Waals surface area contributed by atoms with E-state index in [0.29, 0.717) is 41.9 Å². The molecule has 2 aliphatic heterocycles. The molecular formula is C34H49N3O3. The Labute approximate surface area is 241 Å². The summed E-state index contributed by atoms with van der Waals surface area (Å²) in [7, 11) is 0. The molecule has 40 heavy (non-hydrogen) atoms. The monoisotopic (exact) mass is 547 g/mol. The van der Waals surface area contributed by atoms with Gasteiger partial charge in [-0.2, -0.15) is 0 Å². The molecule has 1 aromatic rings. The van der Waals surface area contributed by atoms with Crippen molar-refractivity contribution < 1.29 is 14.4 Å². The third-order valence-corrected chi connectivity index (χ3v) is 12.5. The number of fused-ring (bicyclic) bond motifs is 2. The summed E-state index contributed by atoms with van der Waals surface area (Å²) < 4.78 is 5.83. The molecule has 1 saturated heterocycles. The zero-order chi connectivity index (χ0) is 28.5. The molecule has 6 nitrogen and oxygen atoms in total. The number of nitrogens with zero attached hydrogens (tertiary/aromatic N) is 3. The number of hydrogen-bond donors (Lipinski definition) is 0. The van der Waals surface area contributed by atoms with Crippen LogP contribution in [-0.2, 0) is 14.4 Å². The fraction of sp³-hybridized carbons (Fsp3) is 0.735. The first-order valence-corrected chi connectivity index (χ1v) is 15.8. The van der Waals surface area contributed by atoms with Crippen LogP contribution in [0.5, 0.6) is 0 Å². The molecule has 6 aliphatic rings. The quantitative estimate of drug-likeness (QED) is 0.275. The van der Waals surface area contributed by atoms with Crippen LogP contribution in [0.15, 0.2) is 42.9 Å². The number of esters is 1. The van der Waals surface area contributed by atoms with Gasteiger partial charge in [-0.15, -0.1) is 0 Å². The minimum absolute atomic E-state index is 0.0220. The Morgan fingerprint density at radius 1 is 1.05 bits per heavy atom.